The van der Waals surface area contributed by atoms with Crippen molar-refractivity contribution in [3.63, 3.8) is 0 Å². The van der Waals surface area contributed by atoms with Crippen molar-refractivity contribution in [2.75, 3.05) is 14.2 Å². The van der Waals surface area contributed by atoms with Crippen molar-refractivity contribution in [1.82, 2.24) is 0 Å². The van der Waals surface area contributed by atoms with E-state index in [1.165, 1.54) is 51.8 Å². The molecule has 0 amide bonds. The second-order valence-corrected chi connectivity index (χ2v) is 7.85. The zero-order valence-corrected chi connectivity index (χ0v) is 16.8. The molecule has 0 saturated heterocycles. The average Bonchev–Trinajstić information content (AvgIpc) is 2.77. The Kier molecular flexibility index (Phi) is 3.97. The molecule has 2 bridgehead atoms. The minimum absolute atomic E-state index is 0.591. The van der Waals surface area contributed by atoms with Crippen molar-refractivity contribution in [1.29, 1.82) is 0 Å². The molecule has 3 aliphatic rings. The van der Waals surface area contributed by atoms with Gasteiger partial charge in [0.2, 0.25) is 0 Å². The number of aryl methyl sites for hydroxylation is 1. The molecule has 0 heterocycles. The van der Waals surface area contributed by atoms with E-state index in [1.807, 2.05) is 14.2 Å². The highest BCUT2D eigenvalue weighted by Crippen LogP contribution is 2.62. The Hall–Kier alpha value is -2.42. The molecule has 3 aliphatic carbocycles. The molecule has 2 nitrogen and oxygen atoms in total. The van der Waals surface area contributed by atoms with E-state index in [2.05, 4.69) is 73.7 Å². The number of hydrogen-bond acceptors (Lipinski definition) is 2. The Labute approximate surface area is 167 Å². The Bertz CT molecular complexity index is 1000. The Morgan fingerprint density at radius 3 is 1.57 bits per heavy atom. The average molecular weight is 370 g/mol. The molecule has 3 aromatic rings. The van der Waals surface area contributed by atoms with E-state index >= 15 is 0 Å². The summed E-state index contributed by atoms with van der Waals surface area (Å²) in [6, 6.07) is 24.1. The zero-order valence-electron chi connectivity index (χ0n) is 16.8. The van der Waals surface area contributed by atoms with Crippen molar-refractivity contribution < 1.29 is 9.47 Å². The van der Waals surface area contributed by atoms with Crippen molar-refractivity contribution in [2.45, 2.75) is 37.4 Å². The second kappa shape index (κ2) is 6.30. The van der Waals surface area contributed by atoms with Crippen LogP contribution in [0.25, 0.3) is 0 Å². The second-order valence-electron chi connectivity index (χ2n) is 7.85. The summed E-state index contributed by atoms with van der Waals surface area (Å²) in [5.74, 6) is 0. The fraction of sp³-hybridized carbons (Fsp3) is 0.308. The molecule has 0 unspecified atom stereocenters. The predicted octanol–water partition coefficient (Wildman–Crippen LogP) is 5.53. The summed E-state index contributed by atoms with van der Waals surface area (Å²) in [4.78, 5) is 0. The summed E-state index contributed by atoms with van der Waals surface area (Å²) in [6.07, 6.45) is 3.48. The van der Waals surface area contributed by atoms with Crippen molar-refractivity contribution in [3.05, 3.63) is 106 Å². The SMILES string of the molecule is CCCCc1ccc2c(c1)C1(OC)c3ccccc3C2(OC)c2ccccc21. The molecule has 3 aromatic carbocycles. The van der Waals surface area contributed by atoms with Gasteiger partial charge in [-0.1, -0.05) is 80.1 Å². The van der Waals surface area contributed by atoms with E-state index < -0.39 is 11.2 Å². The van der Waals surface area contributed by atoms with Crippen LogP contribution in [0.2, 0.25) is 0 Å². The lowest BCUT2D eigenvalue weighted by Gasteiger charge is -2.54. The van der Waals surface area contributed by atoms with E-state index in [9.17, 15) is 0 Å². The summed E-state index contributed by atoms with van der Waals surface area (Å²) in [7, 11) is 3.66. The molecule has 142 valence electrons. The predicted molar refractivity (Wildman–Crippen MR) is 112 cm³/mol. The standard InChI is InChI=1S/C26H26O2/c1-4-5-10-18-15-16-23-24(17-18)26(28-3)21-13-8-6-11-19(21)25(23,27-2)20-12-7-9-14-22(20)26/h6-9,11-17H,4-5,10H2,1-3H3. The zero-order chi connectivity index (χ0) is 19.4. The first-order chi connectivity index (χ1) is 13.7. The molecule has 0 aliphatic heterocycles. The molecule has 6 rings (SSSR count). The lowest BCUT2D eigenvalue weighted by molar-refractivity contribution is -0.00474. The molecule has 2 heteroatoms. The lowest BCUT2D eigenvalue weighted by atomic mass is 9.56. The first kappa shape index (κ1) is 17.7. The van der Waals surface area contributed by atoms with Crippen LogP contribution in [0, 0.1) is 0 Å². The van der Waals surface area contributed by atoms with Gasteiger partial charge in [0.15, 0.2) is 0 Å². The minimum atomic E-state index is -0.592. The molecule has 0 aromatic heterocycles. The Morgan fingerprint density at radius 2 is 1.11 bits per heavy atom. The highest BCUT2D eigenvalue weighted by molar-refractivity contribution is 5.72. The van der Waals surface area contributed by atoms with Crippen molar-refractivity contribution >= 4 is 0 Å². The monoisotopic (exact) mass is 370 g/mol. The highest BCUT2D eigenvalue weighted by atomic mass is 16.5. The summed E-state index contributed by atoms with van der Waals surface area (Å²) in [6.45, 7) is 2.24. The molecular formula is C26H26O2. The van der Waals surface area contributed by atoms with Gasteiger partial charge >= 0.3 is 0 Å². The van der Waals surface area contributed by atoms with Crippen LogP contribution in [0.1, 0.15) is 58.7 Å². The normalized spacial score (nSPS) is 23.8. The first-order valence-corrected chi connectivity index (χ1v) is 10.2. The van der Waals surface area contributed by atoms with Crippen LogP contribution in [0.15, 0.2) is 66.7 Å². The van der Waals surface area contributed by atoms with Crippen LogP contribution >= 0.6 is 0 Å². The van der Waals surface area contributed by atoms with Crippen molar-refractivity contribution in [3.8, 4) is 0 Å². The minimum Gasteiger partial charge on any atom is -0.364 e. The van der Waals surface area contributed by atoms with Crippen LogP contribution in [-0.2, 0) is 27.1 Å². The third kappa shape index (κ3) is 1.95. The summed E-state index contributed by atoms with van der Waals surface area (Å²) < 4.78 is 12.8. The molecule has 0 saturated carbocycles. The third-order valence-corrected chi connectivity index (χ3v) is 6.65. The Morgan fingerprint density at radius 1 is 0.643 bits per heavy atom. The van der Waals surface area contributed by atoms with Crippen molar-refractivity contribution in [2.24, 2.45) is 0 Å². The smallest absolute Gasteiger partial charge is 0.144 e. The van der Waals surface area contributed by atoms with Gasteiger partial charge in [-0.25, -0.2) is 0 Å². The number of unbranched alkanes of at least 4 members (excludes halogenated alkanes) is 1. The highest BCUT2D eigenvalue weighted by Gasteiger charge is 2.59. The molecular weight excluding hydrogens is 344 g/mol. The van der Waals surface area contributed by atoms with Crippen LogP contribution in [0.5, 0.6) is 0 Å². The molecule has 0 atom stereocenters. The van der Waals surface area contributed by atoms with Crippen LogP contribution in [0.3, 0.4) is 0 Å². The van der Waals surface area contributed by atoms with Gasteiger partial charge in [-0.15, -0.1) is 0 Å². The van der Waals surface area contributed by atoms with Gasteiger partial charge in [0.05, 0.1) is 0 Å². The van der Waals surface area contributed by atoms with Gasteiger partial charge in [-0.2, -0.15) is 0 Å². The molecule has 0 N–H and O–H groups in total. The molecule has 0 radical (unpaired) electrons. The number of benzene rings is 3. The summed E-state index contributed by atoms with van der Waals surface area (Å²) >= 11 is 0. The van der Waals surface area contributed by atoms with Gasteiger partial charge in [0.25, 0.3) is 0 Å². The van der Waals surface area contributed by atoms with Gasteiger partial charge in [-0.05, 0) is 51.8 Å². The van der Waals surface area contributed by atoms with E-state index in [1.54, 1.807) is 0 Å². The third-order valence-electron chi connectivity index (χ3n) is 6.65. The van der Waals surface area contributed by atoms with Crippen LogP contribution in [0.4, 0.5) is 0 Å². The molecule has 0 fully saturated rings. The quantitative estimate of drug-likeness (QED) is 0.588. The summed E-state index contributed by atoms with van der Waals surface area (Å²) in [5.41, 5.74) is 7.37. The fourth-order valence-electron chi connectivity index (χ4n) is 5.45. The maximum atomic E-state index is 6.44. The van der Waals surface area contributed by atoms with Gasteiger partial charge in [0, 0.05) is 14.2 Å². The largest absolute Gasteiger partial charge is 0.364 e. The number of rotatable bonds is 5. The van der Waals surface area contributed by atoms with E-state index in [-0.39, 0.29) is 0 Å². The van der Waals surface area contributed by atoms with Gasteiger partial charge < -0.3 is 9.47 Å². The maximum Gasteiger partial charge on any atom is 0.144 e. The molecule has 0 spiro atoms. The number of hydrogen-bond donors (Lipinski definition) is 0. The van der Waals surface area contributed by atoms with E-state index in [4.69, 9.17) is 9.47 Å². The number of ether oxygens (including phenoxy) is 2. The Balaban J connectivity index is 1.90. The first-order valence-electron chi connectivity index (χ1n) is 10.2. The van der Waals surface area contributed by atoms with Gasteiger partial charge in [-0.3, -0.25) is 0 Å². The van der Waals surface area contributed by atoms with E-state index in [0.717, 1.165) is 6.42 Å². The van der Waals surface area contributed by atoms with Gasteiger partial charge in [0.1, 0.15) is 11.2 Å². The topological polar surface area (TPSA) is 18.5 Å². The summed E-state index contributed by atoms with van der Waals surface area (Å²) in [5, 5.41) is 0. The lowest BCUT2D eigenvalue weighted by Crippen LogP contribution is -2.52. The fourth-order valence-corrected chi connectivity index (χ4v) is 5.45. The molecule has 28 heavy (non-hydrogen) atoms. The van der Waals surface area contributed by atoms with E-state index in [0.29, 0.717) is 0 Å². The van der Waals surface area contributed by atoms with Crippen LogP contribution < -0.4 is 0 Å². The maximum absolute atomic E-state index is 6.44. The van der Waals surface area contributed by atoms with Crippen LogP contribution in [-0.4, -0.2) is 14.2 Å². The number of methoxy groups -OCH3 is 2.